The molecule has 34 heavy (non-hydrogen) atoms. The first-order valence-corrected chi connectivity index (χ1v) is 12.3. The number of hydrogen-bond donors (Lipinski definition) is 5. The van der Waals surface area contributed by atoms with Crippen LogP contribution in [-0.4, -0.2) is 37.5 Å². The van der Waals surface area contributed by atoms with Crippen molar-refractivity contribution in [1.29, 1.82) is 0 Å². The number of hydrogen-bond acceptors (Lipinski definition) is 9. The van der Waals surface area contributed by atoms with Gasteiger partial charge in [-0.05, 0) is 30.2 Å². The molecule has 3 aromatic carbocycles. The van der Waals surface area contributed by atoms with Crippen LogP contribution in [0.4, 0.5) is 17.1 Å². The van der Waals surface area contributed by atoms with E-state index in [1.165, 1.54) is 18.2 Å². The minimum Gasteiger partial charge on any atom is -0.398 e. The summed E-state index contributed by atoms with van der Waals surface area (Å²) in [6, 6.07) is 7.65. The number of nitrogen functional groups attached to an aromatic ring is 3. The highest BCUT2D eigenvalue weighted by Crippen LogP contribution is 2.47. The lowest BCUT2D eigenvalue weighted by Gasteiger charge is -2.26. The molecule has 13 heteroatoms. The van der Waals surface area contributed by atoms with E-state index in [1.807, 2.05) is 0 Å². The second kappa shape index (κ2) is 7.36. The number of benzene rings is 3. The maximum absolute atomic E-state index is 13.7. The summed E-state index contributed by atoms with van der Waals surface area (Å²) in [5.41, 5.74) is 15.0. The van der Waals surface area contributed by atoms with Gasteiger partial charge in [0.15, 0.2) is 11.6 Å². The first-order valence-electron chi connectivity index (χ1n) is 9.45. The highest BCUT2D eigenvalue weighted by Gasteiger charge is 2.41. The lowest BCUT2D eigenvalue weighted by Crippen LogP contribution is -2.27. The number of fused-ring (bicyclic) bond motifs is 2. The van der Waals surface area contributed by atoms with Gasteiger partial charge in [-0.2, -0.15) is 16.8 Å². The molecule has 0 bridgehead atoms. The van der Waals surface area contributed by atoms with E-state index < -0.39 is 75.2 Å². The van der Waals surface area contributed by atoms with Crippen LogP contribution in [0, 0.1) is 6.92 Å². The Kier molecular flexibility index (Phi) is 5.06. The highest BCUT2D eigenvalue weighted by molar-refractivity contribution is 7.86. The average molecular weight is 504 g/mol. The van der Waals surface area contributed by atoms with E-state index in [9.17, 15) is 35.5 Å². The largest absolute Gasteiger partial charge is 0.398 e. The first kappa shape index (κ1) is 23.4. The molecule has 1 aliphatic rings. The fourth-order valence-corrected chi connectivity index (χ4v) is 5.61. The summed E-state index contributed by atoms with van der Waals surface area (Å²) in [7, 11) is -10.0. The van der Waals surface area contributed by atoms with E-state index in [0.29, 0.717) is 5.56 Å². The normalized spacial score (nSPS) is 13.5. The summed E-state index contributed by atoms with van der Waals surface area (Å²) >= 11 is 0. The number of carbonyl (C=O) groups is 2. The van der Waals surface area contributed by atoms with Crippen LogP contribution in [0.1, 0.15) is 37.4 Å². The van der Waals surface area contributed by atoms with Crippen molar-refractivity contribution < 1.29 is 35.5 Å². The molecule has 0 aromatic heterocycles. The van der Waals surface area contributed by atoms with Crippen molar-refractivity contribution in [3.05, 3.63) is 64.2 Å². The lowest BCUT2D eigenvalue weighted by atomic mass is 9.78. The van der Waals surface area contributed by atoms with Crippen LogP contribution in [0.15, 0.2) is 46.2 Å². The Morgan fingerprint density at radius 3 is 1.82 bits per heavy atom. The third kappa shape index (κ3) is 3.25. The van der Waals surface area contributed by atoms with Crippen LogP contribution in [0.25, 0.3) is 11.1 Å². The summed E-state index contributed by atoms with van der Waals surface area (Å²) in [4.78, 5) is 25.3. The van der Waals surface area contributed by atoms with Crippen molar-refractivity contribution in [2.75, 3.05) is 17.2 Å². The maximum Gasteiger partial charge on any atom is 0.298 e. The molecule has 8 N–H and O–H groups in total. The molecule has 0 spiro atoms. The number of carbonyl (C=O) groups excluding carboxylic acids is 2. The SMILES string of the molecule is Cc1c(N)cccc1-c1c(N)c(S(=O)(=O)O)c(N)c2c1C(=O)c1c(cccc1S(=O)(=O)O)C2=O. The summed E-state index contributed by atoms with van der Waals surface area (Å²) in [5.74, 6) is -2.05. The number of anilines is 3. The van der Waals surface area contributed by atoms with E-state index >= 15 is 0 Å². The number of nitrogens with two attached hydrogens (primary N) is 3. The maximum atomic E-state index is 13.7. The van der Waals surface area contributed by atoms with Gasteiger partial charge in [0.2, 0.25) is 0 Å². The Morgan fingerprint density at radius 1 is 0.676 bits per heavy atom. The summed E-state index contributed by atoms with van der Waals surface area (Å²) in [5, 5.41) is 0. The summed E-state index contributed by atoms with van der Waals surface area (Å²) < 4.78 is 67.7. The molecule has 0 atom stereocenters. The molecule has 0 radical (unpaired) electrons. The van der Waals surface area contributed by atoms with Crippen LogP contribution in [0.3, 0.4) is 0 Å². The Balaban J connectivity index is 2.28. The zero-order chi connectivity index (χ0) is 25.3. The van der Waals surface area contributed by atoms with Gasteiger partial charge >= 0.3 is 0 Å². The van der Waals surface area contributed by atoms with Gasteiger partial charge in [0.1, 0.15) is 9.79 Å². The Bertz CT molecular complexity index is 1680. The van der Waals surface area contributed by atoms with E-state index in [1.54, 1.807) is 6.92 Å². The zero-order valence-corrected chi connectivity index (χ0v) is 19.0. The van der Waals surface area contributed by atoms with Crippen LogP contribution >= 0.6 is 0 Å². The van der Waals surface area contributed by atoms with E-state index in [0.717, 1.165) is 18.2 Å². The third-order valence-electron chi connectivity index (χ3n) is 5.66. The molecule has 4 rings (SSSR count). The molecule has 0 fully saturated rings. The van der Waals surface area contributed by atoms with Gasteiger partial charge in [0.25, 0.3) is 20.2 Å². The van der Waals surface area contributed by atoms with Crippen molar-refractivity contribution in [3.8, 4) is 11.1 Å². The molecule has 0 aliphatic heterocycles. The van der Waals surface area contributed by atoms with Gasteiger partial charge in [-0.15, -0.1) is 0 Å². The number of ketones is 2. The van der Waals surface area contributed by atoms with Gasteiger partial charge in [-0.1, -0.05) is 24.3 Å². The standard InChI is InChI=1S/C21H17N3O8S2/c1-8-9(4-2-6-11(8)22)14-15-16(18(24)21(17(14)23)34(30,31)32)19(25)10-5-3-7-12(33(27,28)29)13(10)20(15)26/h2-7H,22-24H2,1H3,(H,27,28,29)(H,30,31,32). The predicted octanol–water partition coefficient (Wildman–Crippen LogP) is 1.68. The molecule has 176 valence electrons. The van der Waals surface area contributed by atoms with E-state index in [-0.39, 0.29) is 16.8 Å². The smallest absolute Gasteiger partial charge is 0.298 e. The van der Waals surface area contributed by atoms with Crippen molar-refractivity contribution in [2.45, 2.75) is 16.7 Å². The zero-order valence-electron chi connectivity index (χ0n) is 17.4. The molecular formula is C21H17N3O8S2. The van der Waals surface area contributed by atoms with Crippen molar-refractivity contribution >= 4 is 48.9 Å². The fraction of sp³-hybridized carbons (Fsp3) is 0.0476. The van der Waals surface area contributed by atoms with Gasteiger partial charge in [-0.3, -0.25) is 18.7 Å². The Morgan fingerprint density at radius 2 is 1.24 bits per heavy atom. The van der Waals surface area contributed by atoms with Crippen molar-refractivity contribution in [1.82, 2.24) is 0 Å². The van der Waals surface area contributed by atoms with Gasteiger partial charge < -0.3 is 17.2 Å². The van der Waals surface area contributed by atoms with Gasteiger partial charge in [-0.25, -0.2) is 0 Å². The third-order valence-corrected chi connectivity index (χ3v) is 7.51. The monoisotopic (exact) mass is 503 g/mol. The summed E-state index contributed by atoms with van der Waals surface area (Å²) in [6.45, 7) is 1.55. The van der Waals surface area contributed by atoms with Crippen molar-refractivity contribution in [2.24, 2.45) is 0 Å². The highest BCUT2D eigenvalue weighted by atomic mass is 32.2. The molecule has 0 saturated carbocycles. The molecular weight excluding hydrogens is 486 g/mol. The summed E-state index contributed by atoms with van der Waals surface area (Å²) in [6.07, 6.45) is 0. The van der Waals surface area contributed by atoms with Crippen LogP contribution < -0.4 is 17.2 Å². The first-order chi connectivity index (χ1) is 15.7. The second-order valence-corrected chi connectivity index (χ2v) is 10.3. The topological polar surface area (TPSA) is 221 Å². The molecule has 0 saturated heterocycles. The minimum absolute atomic E-state index is 0.146. The molecule has 1 aliphatic carbocycles. The molecule has 0 amide bonds. The Hall–Kier alpha value is -3.78. The molecule has 0 unspecified atom stereocenters. The molecule has 11 nitrogen and oxygen atoms in total. The van der Waals surface area contributed by atoms with Crippen LogP contribution in [0.5, 0.6) is 0 Å². The van der Waals surface area contributed by atoms with Crippen LogP contribution in [-0.2, 0) is 20.2 Å². The van der Waals surface area contributed by atoms with Gasteiger partial charge in [0.05, 0.1) is 22.5 Å². The molecule has 3 aromatic rings. The van der Waals surface area contributed by atoms with Crippen LogP contribution in [0.2, 0.25) is 0 Å². The average Bonchev–Trinajstić information content (AvgIpc) is 2.72. The lowest BCUT2D eigenvalue weighted by molar-refractivity contribution is 0.0977. The predicted molar refractivity (Wildman–Crippen MR) is 123 cm³/mol. The van der Waals surface area contributed by atoms with E-state index in [4.69, 9.17) is 17.2 Å². The van der Waals surface area contributed by atoms with Gasteiger partial charge in [0, 0.05) is 22.4 Å². The second-order valence-electron chi connectivity index (χ2n) is 7.59. The minimum atomic E-state index is -5.08. The van der Waals surface area contributed by atoms with E-state index in [2.05, 4.69) is 0 Å². The van der Waals surface area contributed by atoms with Crippen molar-refractivity contribution in [3.63, 3.8) is 0 Å². The fourth-order valence-electron chi connectivity index (χ4n) is 4.14. The number of rotatable bonds is 3. The Labute approximate surface area is 193 Å². The quantitative estimate of drug-likeness (QED) is 0.200. The molecule has 0 heterocycles.